The first kappa shape index (κ1) is 17.5. The highest BCUT2D eigenvalue weighted by Crippen LogP contribution is 2.28. The molecule has 0 fully saturated rings. The molecule has 0 aliphatic rings. The smallest absolute Gasteiger partial charge is 0.127 e. The van der Waals surface area contributed by atoms with E-state index in [2.05, 4.69) is 0 Å². The van der Waals surface area contributed by atoms with Gasteiger partial charge in [-0.05, 0) is 35.4 Å². The monoisotopic (exact) mass is 374 g/mol. The normalized spacial score (nSPS) is 10.5. The summed E-state index contributed by atoms with van der Waals surface area (Å²) in [6.45, 7) is 0.690. The van der Waals surface area contributed by atoms with E-state index in [0.717, 1.165) is 11.1 Å². The molecule has 1 N–H and O–H groups in total. The average Bonchev–Trinajstić information content (AvgIpc) is 2.58. The maximum absolute atomic E-state index is 9.87. The van der Waals surface area contributed by atoms with Crippen molar-refractivity contribution in [1.82, 2.24) is 0 Å². The highest BCUT2D eigenvalue weighted by molar-refractivity contribution is 6.30. The van der Waals surface area contributed by atoms with Gasteiger partial charge in [-0.25, -0.2) is 0 Å². The number of ether oxygens (including phenoxy) is 2. The van der Waals surface area contributed by atoms with E-state index in [1.165, 1.54) is 12.1 Å². The van der Waals surface area contributed by atoms with Gasteiger partial charge in [0.15, 0.2) is 0 Å². The molecule has 0 saturated carbocycles. The SMILES string of the molecule is Oc1cc(OCc2cccc(Cl)c2)cc(OCc2cccc(Cl)c2)c1. The van der Waals surface area contributed by atoms with Crippen LogP contribution in [0.1, 0.15) is 11.1 Å². The minimum Gasteiger partial charge on any atom is -0.508 e. The standard InChI is InChI=1S/C20H16Cl2O3/c21-16-5-1-3-14(7-16)12-24-19-9-18(23)10-20(11-19)25-13-15-4-2-6-17(22)8-15/h1-11,23H,12-13H2. The molecule has 0 atom stereocenters. The molecule has 0 aliphatic heterocycles. The Morgan fingerprint density at radius 2 is 1.16 bits per heavy atom. The van der Waals surface area contributed by atoms with Gasteiger partial charge in [0.1, 0.15) is 30.5 Å². The molecule has 0 saturated heterocycles. The van der Waals surface area contributed by atoms with Crippen LogP contribution in [0.25, 0.3) is 0 Å². The van der Waals surface area contributed by atoms with Crippen LogP contribution in [0.2, 0.25) is 10.0 Å². The molecule has 128 valence electrons. The Morgan fingerprint density at radius 3 is 1.60 bits per heavy atom. The van der Waals surface area contributed by atoms with Gasteiger partial charge in [-0.15, -0.1) is 0 Å². The van der Waals surface area contributed by atoms with Crippen LogP contribution in [-0.2, 0) is 13.2 Å². The van der Waals surface area contributed by atoms with Gasteiger partial charge in [0.25, 0.3) is 0 Å². The Hall–Kier alpha value is -2.36. The zero-order valence-corrected chi connectivity index (χ0v) is 14.8. The fourth-order valence-electron chi connectivity index (χ4n) is 2.31. The summed E-state index contributed by atoms with van der Waals surface area (Å²) in [6.07, 6.45) is 0. The molecule has 0 bridgehead atoms. The fraction of sp³-hybridized carbons (Fsp3) is 0.100. The summed E-state index contributed by atoms with van der Waals surface area (Å²) in [4.78, 5) is 0. The lowest BCUT2D eigenvalue weighted by Gasteiger charge is -2.11. The first-order valence-corrected chi connectivity index (χ1v) is 8.42. The van der Waals surface area contributed by atoms with E-state index in [0.29, 0.717) is 34.8 Å². The van der Waals surface area contributed by atoms with Crippen molar-refractivity contribution in [3.05, 3.63) is 87.9 Å². The van der Waals surface area contributed by atoms with E-state index in [-0.39, 0.29) is 5.75 Å². The predicted octanol–water partition coefficient (Wildman–Crippen LogP) is 5.86. The van der Waals surface area contributed by atoms with Crippen molar-refractivity contribution >= 4 is 23.2 Å². The van der Waals surface area contributed by atoms with Crippen molar-refractivity contribution in [2.45, 2.75) is 13.2 Å². The minimum absolute atomic E-state index is 0.0738. The molecule has 3 aromatic carbocycles. The molecule has 0 aromatic heterocycles. The Balaban J connectivity index is 1.65. The molecule has 0 aliphatic carbocycles. The van der Waals surface area contributed by atoms with Crippen LogP contribution in [0.3, 0.4) is 0 Å². The van der Waals surface area contributed by atoms with E-state index in [9.17, 15) is 5.11 Å². The fourth-order valence-corrected chi connectivity index (χ4v) is 2.74. The number of aromatic hydroxyl groups is 1. The second-order valence-electron chi connectivity index (χ2n) is 5.50. The first-order chi connectivity index (χ1) is 12.1. The second-order valence-corrected chi connectivity index (χ2v) is 6.37. The van der Waals surface area contributed by atoms with Crippen molar-refractivity contribution in [3.63, 3.8) is 0 Å². The summed E-state index contributed by atoms with van der Waals surface area (Å²) in [5.41, 5.74) is 1.88. The third-order valence-corrected chi connectivity index (χ3v) is 3.92. The van der Waals surface area contributed by atoms with Crippen molar-refractivity contribution in [2.75, 3.05) is 0 Å². The molecule has 0 unspecified atom stereocenters. The van der Waals surface area contributed by atoms with Gasteiger partial charge >= 0.3 is 0 Å². The lowest BCUT2D eigenvalue weighted by atomic mass is 10.2. The summed E-state index contributed by atoms with van der Waals surface area (Å²) in [5.74, 6) is 1.10. The molecular weight excluding hydrogens is 359 g/mol. The van der Waals surface area contributed by atoms with Gasteiger partial charge in [0.2, 0.25) is 0 Å². The molecule has 25 heavy (non-hydrogen) atoms. The number of halogens is 2. The predicted molar refractivity (Wildman–Crippen MR) is 99.7 cm³/mol. The first-order valence-electron chi connectivity index (χ1n) is 7.67. The van der Waals surface area contributed by atoms with Gasteiger partial charge in [-0.1, -0.05) is 47.5 Å². The highest BCUT2D eigenvalue weighted by atomic mass is 35.5. The molecule has 0 spiro atoms. The zero-order valence-electron chi connectivity index (χ0n) is 13.3. The van der Waals surface area contributed by atoms with Crippen LogP contribution >= 0.6 is 23.2 Å². The topological polar surface area (TPSA) is 38.7 Å². The van der Waals surface area contributed by atoms with E-state index in [1.807, 2.05) is 36.4 Å². The molecule has 3 rings (SSSR count). The van der Waals surface area contributed by atoms with E-state index in [1.54, 1.807) is 18.2 Å². The lowest BCUT2D eigenvalue weighted by molar-refractivity contribution is 0.287. The van der Waals surface area contributed by atoms with Gasteiger partial charge in [-0.2, -0.15) is 0 Å². The molecule has 3 aromatic rings. The van der Waals surface area contributed by atoms with Crippen LogP contribution < -0.4 is 9.47 Å². The molecule has 0 radical (unpaired) electrons. The van der Waals surface area contributed by atoms with E-state index in [4.69, 9.17) is 32.7 Å². The lowest BCUT2D eigenvalue weighted by Crippen LogP contribution is -1.98. The largest absolute Gasteiger partial charge is 0.508 e. The maximum atomic E-state index is 9.87. The van der Waals surface area contributed by atoms with Gasteiger partial charge in [0, 0.05) is 28.2 Å². The second kappa shape index (κ2) is 8.15. The Morgan fingerprint density at radius 1 is 0.680 bits per heavy atom. The van der Waals surface area contributed by atoms with Crippen molar-refractivity contribution in [1.29, 1.82) is 0 Å². The Labute approximate surface area is 156 Å². The Kier molecular flexibility index (Phi) is 5.69. The van der Waals surface area contributed by atoms with Crippen molar-refractivity contribution in [2.24, 2.45) is 0 Å². The molecule has 0 amide bonds. The van der Waals surface area contributed by atoms with Gasteiger partial charge in [-0.3, -0.25) is 0 Å². The van der Waals surface area contributed by atoms with E-state index >= 15 is 0 Å². The third kappa shape index (κ3) is 5.31. The Bertz CT molecular complexity index is 797. The number of hydrogen-bond donors (Lipinski definition) is 1. The quantitative estimate of drug-likeness (QED) is 0.587. The van der Waals surface area contributed by atoms with Crippen molar-refractivity contribution < 1.29 is 14.6 Å². The summed E-state index contributed by atoms with van der Waals surface area (Å²) in [7, 11) is 0. The van der Waals surface area contributed by atoms with Crippen molar-refractivity contribution in [3.8, 4) is 17.2 Å². The number of benzene rings is 3. The minimum atomic E-state index is 0.0738. The molecular formula is C20H16Cl2O3. The number of hydrogen-bond acceptors (Lipinski definition) is 3. The third-order valence-electron chi connectivity index (χ3n) is 3.45. The van der Waals surface area contributed by atoms with Crippen LogP contribution in [0.5, 0.6) is 17.2 Å². The van der Waals surface area contributed by atoms with Crippen LogP contribution in [0.4, 0.5) is 0 Å². The maximum Gasteiger partial charge on any atom is 0.127 e. The van der Waals surface area contributed by atoms with Crippen LogP contribution in [0.15, 0.2) is 66.7 Å². The summed E-state index contributed by atoms with van der Waals surface area (Å²) >= 11 is 11.9. The number of phenols is 1. The van der Waals surface area contributed by atoms with E-state index < -0.39 is 0 Å². The van der Waals surface area contributed by atoms with Crippen LogP contribution in [-0.4, -0.2) is 5.11 Å². The van der Waals surface area contributed by atoms with Gasteiger partial charge in [0.05, 0.1) is 0 Å². The molecule has 3 nitrogen and oxygen atoms in total. The van der Waals surface area contributed by atoms with Gasteiger partial charge < -0.3 is 14.6 Å². The highest BCUT2D eigenvalue weighted by Gasteiger charge is 2.05. The summed E-state index contributed by atoms with van der Waals surface area (Å²) in [6, 6.07) is 19.7. The number of phenolic OH excluding ortho intramolecular Hbond substituents is 1. The molecule has 0 heterocycles. The summed E-state index contributed by atoms with van der Waals surface area (Å²) in [5, 5.41) is 11.2. The average molecular weight is 375 g/mol. The molecule has 5 heteroatoms. The number of rotatable bonds is 6. The zero-order chi connectivity index (χ0) is 17.6. The summed E-state index contributed by atoms with van der Waals surface area (Å²) < 4.78 is 11.4. The van der Waals surface area contributed by atoms with Crippen LogP contribution in [0, 0.1) is 0 Å².